The lowest BCUT2D eigenvalue weighted by atomic mass is 10.2. The molecule has 0 aromatic heterocycles. The van der Waals surface area contributed by atoms with E-state index in [1.807, 2.05) is 0 Å². The van der Waals surface area contributed by atoms with Crippen LogP contribution in [-0.2, 0) is 0 Å². The van der Waals surface area contributed by atoms with Crippen LogP contribution < -0.4 is 10.2 Å². The van der Waals surface area contributed by atoms with Crippen LogP contribution in [0.2, 0.25) is 0 Å². The molecule has 1 aromatic rings. The van der Waals surface area contributed by atoms with Crippen LogP contribution in [0.1, 0.15) is 10.4 Å². The van der Waals surface area contributed by atoms with E-state index in [9.17, 15) is 25.1 Å². The highest BCUT2D eigenvalue weighted by molar-refractivity contribution is 5.90. The zero-order valence-electron chi connectivity index (χ0n) is 6.22. The molecule has 6 heteroatoms. The van der Waals surface area contributed by atoms with Crippen LogP contribution in [0.3, 0.4) is 0 Å². The second kappa shape index (κ2) is 3.10. The van der Waals surface area contributed by atoms with Crippen LogP contribution in [-0.4, -0.2) is 10.9 Å². The van der Waals surface area contributed by atoms with E-state index >= 15 is 0 Å². The van der Waals surface area contributed by atoms with Gasteiger partial charge in [-0.1, -0.05) is 12.1 Å². The molecule has 1 rings (SSSR count). The monoisotopic (exact) mass is 181 g/mol. The minimum absolute atomic E-state index is 0.700. The lowest BCUT2D eigenvalue weighted by Crippen LogP contribution is -2.23. The van der Waals surface area contributed by atoms with E-state index in [0.717, 1.165) is 18.2 Å². The zero-order valence-corrected chi connectivity index (χ0v) is 6.22. The van der Waals surface area contributed by atoms with Crippen molar-refractivity contribution in [3.05, 3.63) is 33.9 Å². The maximum atomic E-state index is 11.0. The predicted molar refractivity (Wildman–Crippen MR) is 36.9 cm³/mol. The zero-order chi connectivity index (χ0) is 10.0. The molecule has 68 valence electrons. The largest absolute Gasteiger partial charge is 0.867 e. The summed E-state index contributed by atoms with van der Waals surface area (Å²) in [6.07, 6.45) is 0. The fourth-order valence-electron chi connectivity index (χ4n) is 0.829. The van der Waals surface area contributed by atoms with Crippen molar-refractivity contribution in [1.29, 1.82) is 0 Å². The van der Waals surface area contributed by atoms with Crippen molar-refractivity contribution >= 4 is 11.7 Å². The molecule has 0 fully saturated rings. The number of hydrogen-bond acceptors (Lipinski definition) is 5. The summed E-state index contributed by atoms with van der Waals surface area (Å²) >= 11 is 0. The number of nitro benzene ring substituents is 1. The molecule has 0 radical (unpaired) electrons. The van der Waals surface area contributed by atoms with Gasteiger partial charge in [-0.3, -0.25) is 10.1 Å². The van der Waals surface area contributed by atoms with Gasteiger partial charge in [-0.15, -0.1) is 0 Å². The van der Waals surface area contributed by atoms with E-state index in [1.54, 1.807) is 0 Å². The van der Waals surface area contributed by atoms with Crippen molar-refractivity contribution in [2.24, 2.45) is 0 Å². The van der Waals surface area contributed by atoms with E-state index in [1.165, 1.54) is 0 Å². The Kier molecular flexibility index (Phi) is 2.14. The normalized spacial score (nSPS) is 9.54. The molecule has 0 bridgehead atoms. The molecule has 0 heterocycles. The highest BCUT2D eigenvalue weighted by atomic mass is 16.6. The van der Waals surface area contributed by atoms with E-state index in [0.29, 0.717) is 0 Å². The number of nitro groups is 1. The van der Waals surface area contributed by atoms with E-state index in [2.05, 4.69) is 0 Å². The fraction of sp³-hybridized carbons (Fsp3) is 0. The molecule has 0 aliphatic carbocycles. The first-order valence-electron chi connectivity index (χ1n) is 3.20. The lowest BCUT2D eigenvalue weighted by molar-refractivity contribution is -0.398. The number of aromatic carboxylic acids is 1. The number of hydrogen-bond donors (Lipinski definition) is 0. The number of nitrogens with zero attached hydrogens (tertiary/aromatic N) is 1. The SMILES string of the molecule is O=C([O-])c1cccc([N+](=O)[O-])c1[O-]. The Morgan fingerprint density at radius 1 is 1.38 bits per heavy atom. The number of carboxylic acids is 1. The molecule has 0 saturated carbocycles. The van der Waals surface area contributed by atoms with Crippen molar-refractivity contribution in [2.45, 2.75) is 0 Å². The first-order valence-corrected chi connectivity index (χ1v) is 3.20. The van der Waals surface area contributed by atoms with Gasteiger partial charge in [0.2, 0.25) is 0 Å². The molecule has 0 unspecified atom stereocenters. The standard InChI is InChI=1S/C7H5NO5/c9-6-4(7(10)11)2-1-3-5(6)8(12)13/h1-3,9H,(H,10,11)/p-2. The molecule has 0 amide bonds. The molecule has 0 atom stereocenters. The lowest BCUT2D eigenvalue weighted by Gasteiger charge is -2.13. The highest BCUT2D eigenvalue weighted by Gasteiger charge is 2.09. The average Bonchev–Trinajstić information content (AvgIpc) is 2.03. The minimum atomic E-state index is -1.71. The van der Waals surface area contributed by atoms with Gasteiger partial charge >= 0.3 is 0 Å². The maximum Gasteiger partial charge on any atom is 0.262 e. The molecule has 6 nitrogen and oxygen atoms in total. The van der Waals surface area contributed by atoms with Crippen molar-refractivity contribution in [2.75, 3.05) is 0 Å². The number of carbonyl (C=O) groups is 1. The molecule has 0 aliphatic heterocycles. The molecular weight excluding hydrogens is 178 g/mol. The Labute approximate surface area is 72.2 Å². The predicted octanol–water partition coefficient (Wildman–Crippen LogP) is -0.968. The van der Waals surface area contributed by atoms with Gasteiger partial charge in [0.25, 0.3) is 5.69 Å². The van der Waals surface area contributed by atoms with Crippen molar-refractivity contribution in [3.8, 4) is 5.75 Å². The molecule has 0 spiro atoms. The van der Waals surface area contributed by atoms with Gasteiger partial charge in [0, 0.05) is 6.07 Å². The summed E-state index contributed by atoms with van der Waals surface area (Å²) in [5.74, 6) is -2.85. The Balaban J connectivity index is 3.35. The van der Waals surface area contributed by atoms with Crippen LogP contribution in [0.4, 0.5) is 5.69 Å². The summed E-state index contributed by atoms with van der Waals surface area (Å²) in [5, 5.41) is 31.4. The first-order chi connectivity index (χ1) is 6.04. The first kappa shape index (κ1) is 8.98. The second-order valence-corrected chi connectivity index (χ2v) is 2.20. The Bertz CT molecular complexity index is 341. The van der Waals surface area contributed by atoms with Gasteiger partial charge in [0.15, 0.2) is 0 Å². The van der Waals surface area contributed by atoms with Crippen LogP contribution >= 0.6 is 0 Å². The highest BCUT2D eigenvalue weighted by Crippen LogP contribution is 2.25. The van der Waals surface area contributed by atoms with Crippen molar-refractivity contribution in [1.82, 2.24) is 0 Å². The number of para-hydroxylation sites is 1. The summed E-state index contributed by atoms with van der Waals surface area (Å²) in [6.45, 7) is 0. The number of rotatable bonds is 2. The Morgan fingerprint density at radius 3 is 2.46 bits per heavy atom. The smallest absolute Gasteiger partial charge is 0.262 e. The van der Waals surface area contributed by atoms with E-state index < -0.39 is 27.9 Å². The quantitative estimate of drug-likeness (QED) is 0.431. The van der Waals surface area contributed by atoms with Crippen molar-refractivity contribution < 1.29 is 19.9 Å². The molecular formula is C7H3NO5-2. The fourth-order valence-corrected chi connectivity index (χ4v) is 0.829. The van der Waals surface area contributed by atoms with Gasteiger partial charge in [-0.05, 0) is 11.3 Å². The number of benzene rings is 1. The molecule has 0 aliphatic rings. The van der Waals surface area contributed by atoms with E-state index in [-0.39, 0.29) is 0 Å². The summed E-state index contributed by atoms with van der Waals surface area (Å²) < 4.78 is 0. The molecule has 0 N–H and O–H groups in total. The van der Waals surface area contributed by atoms with Gasteiger partial charge in [0.05, 0.1) is 10.9 Å². The summed E-state index contributed by atoms with van der Waals surface area (Å²) in [4.78, 5) is 19.5. The summed E-state index contributed by atoms with van der Waals surface area (Å²) in [7, 11) is 0. The van der Waals surface area contributed by atoms with Gasteiger partial charge in [-0.25, -0.2) is 0 Å². The van der Waals surface area contributed by atoms with Crippen LogP contribution in [0.15, 0.2) is 18.2 Å². The van der Waals surface area contributed by atoms with E-state index in [4.69, 9.17) is 0 Å². The molecule has 13 heavy (non-hydrogen) atoms. The third kappa shape index (κ3) is 1.56. The van der Waals surface area contributed by atoms with Crippen LogP contribution in [0.25, 0.3) is 0 Å². The van der Waals surface area contributed by atoms with Gasteiger partial charge < -0.3 is 15.0 Å². The third-order valence-electron chi connectivity index (χ3n) is 1.41. The van der Waals surface area contributed by atoms with Gasteiger partial charge in [-0.2, -0.15) is 0 Å². The summed E-state index contributed by atoms with van der Waals surface area (Å²) in [6, 6.07) is 3.02. The van der Waals surface area contributed by atoms with Crippen LogP contribution in [0, 0.1) is 10.1 Å². The van der Waals surface area contributed by atoms with Crippen LogP contribution in [0.5, 0.6) is 5.75 Å². The minimum Gasteiger partial charge on any atom is -0.867 e. The topological polar surface area (TPSA) is 106 Å². The number of carboxylic acid groups (broad SMARTS) is 1. The number of carbonyl (C=O) groups excluding carboxylic acids is 1. The summed E-state index contributed by atoms with van der Waals surface area (Å²) in [5.41, 5.74) is -1.46. The average molecular weight is 181 g/mol. The second-order valence-electron chi connectivity index (χ2n) is 2.20. The van der Waals surface area contributed by atoms with Gasteiger partial charge in [0.1, 0.15) is 0 Å². The molecule has 0 saturated heterocycles. The maximum absolute atomic E-state index is 11.0. The third-order valence-corrected chi connectivity index (χ3v) is 1.41. The Morgan fingerprint density at radius 2 is 2.00 bits per heavy atom. The Hall–Kier alpha value is -2.11. The molecule has 1 aromatic carbocycles. The van der Waals surface area contributed by atoms with Crippen molar-refractivity contribution in [3.63, 3.8) is 0 Å².